The molecule has 0 saturated carbocycles. The summed E-state index contributed by atoms with van der Waals surface area (Å²) in [4.78, 5) is 14.8. The van der Waals surface area contributed by atoms with Crippen molar-refractivity contribution in [3.05, 3.63) is 64.7 Å². The fourth-order valence-corrected chi connectivity index (χ4v) is 3.81. The van der Waals surface area contributed by atoms with Crippen LogP contribution in [0.2, 0.25) is 0 Å². The lowest BCUT2D eigenvalue weighted by atomic mass is 9.90. The van der Waals surface area contributed by atoms with Crippen molar-refractivity contribution in [2.75, 3.05) is 31.2 Å². The number of nitrogens with one attached hydrogen (secondary N) is 1. The number of hydrogen-bond acceptors (Lipinski definition) is 3. The van der Waals surface area contributed by atoms with Crippen molar-refractivity contribution >= 4 is 11.6 Å². The third kappa shape index (κ3) is 3.91. The molecule has 0 bridgehead atoms. The van der Waals surface area contributed by atoms with Crippen LogP contribution < -0.4 is 10.2 Å². The van der Waals surface area contributed by atoms with Crippen LogP contribution in [0.5, 0.6) is 0 Å². The minimum Gasteiger partial charge on any atom is -0.378 e. The molecule has 4 heteroatoms. The SMILES string of the molecule is O=C(NCc1ccc(N2CCOCC2)cc1)c1ccc2c(c1)CCCC2. The number of hydrogen-bond donors (Lipinski definition) is 1. The molecular formula is C22H26N2O2. The predicted molar refractivity (Wildman–Crippen MR) is 104 cm³/mol. The Morgan fingerprint density at radius 3 is 2.46 bits per heavy atom. The third-order valence-corrected chi connectivity index (χ3v) is 5.38. The van der Waals surface area contributed by atoms with E-state index in [2.05, 4.69) is 46.6 Å². The Bertz CT molecular complexity index is 764. The normalized spacial score (nSPS) is 16.8. The highest BCUT2D eigenvalue weighted by atomic mass is 16.5. The van der Waals surface area contributed by atoms with Crippen LogP contribution in [0.15, 0.2) is 42.5 Å². The molecule has 1 N–H and O–H groups in total. The number of benzene rings is 2. The van der Waals surface area contributed by atoms with Gasteiger partial charge in [0, 0.05) is 30.9 Å². The molecule has 1 saturated heterocycles. The summed E-state index contributed by atoms with van der Waals surface area (Å²) < 4.78 is 5.40. The van der Waals surface area contributed by atoms with Crippen LogP contribution in [-0.4, -0.2) is 32.2 Å². The van der Waals surface area contributed by atoms with Gasteiger partial charge in [-0.1, -0.05) is 18.2 Å². The fourth-order valence-electron chi connectivity index (χ4n) is 3.81. The number of ether oxygens (including phenoxy) is 1. The van der Waals surface area contributed by atoms with E-state index in [1.54, 1.807) is 0 Å². The van der Waals surface area contributed by atoms with Gasteiger partial charge in [0.1, 0.15) is 0 Å². The quantitative estimate of drug-likeness (QED) is 0.920. The summed E-state index contributed by atoms with van der Waals surface area (Å²) >= 11 is 0. The molecule has 2 aliphatic rings. The Morgan fingerprint density at radius 2 is 1.69 bits per heavy atom. The minimum absolute atomic E-state index is 0.00984. The Labute approximate surface area is 155 Å². The van der Waals surface area contributed by atoms with Crippen molar-refractivity contribution in [2.24, 2.45) is 0 Å². The monoisotopic (exact) mass is 350 g/mol. The van der Waals surface area contributed by atoms with Crippen molar-refractivity contribution in [2.45, 2.75) is 32.2 Å². The van der Waals surface area contributed by atoms with Crippen LogP contribution in [-0.2, 0) is 24.1 Å². The smallest absolute Gasteiger partial charge is 0.251 e. The molecule has 4 nitrogen and oxygen atoms in total. The highest BCUT2D eigenvalue weighted by Gasteiger charge is 2.13. The topological polar surface area (TPSA) is 41.6 Å². The molecule has 0 aromatic heterocycles. The highest BCUT2D eigenvalue weighted by molar-refractivity contribution is 5.94. The zero-order valence-corrected chi connectivity index (χ0v) is 15.2. The number of carbonyl (C=O) groups excluding carboxylic acids is 1. The Morgan fingerprint density at radius 1 is 0.962 bits per heavy atom. The Balaban J connectivity index is 1.35. The molecule has 1 amide bonds. The van der Waals surface area contributed by atoms with E-state index in [0.717, 1.165) is 50.3 Å². The van der Waals surface area contributed by atoms with Crippen LogP contribution in [0.25, 0.3) is 0 Å². The lowest BCUT2D eigenvalue weighted by Crippen LogP contribution is -2.36. The summed E-state index contributed by atoms with van der Waals surface area (Å²) in [5.41, 5.74) is 5.87. The molecule has 1 aliphatic carbocycles. The van der Waals surface area contributed by atoms with E-state index >= 15 is 0 Å². The van der Waals surface area contributed by atoms with Gasteiger partial charge in [-0.25, -0.2) is 0 Å². The molecular weight excluding hydrogens is 324 g/mol. The van der Waals surface area contributed by atoms with Crippen molar-refractivity contribution in [3.8, 4) is 0 Å². The second-order valence-electron chi connectivity index (χ2n) is 7.14. The Hall–Kier alpha value is -2.33. The van der Waals surface area contributed by atoms with Gasteiger partial charge in [-0.15, -0.1) is 0 Å². The molecule has 2 aromatic carbocycles. The first-order valence-corrected chi connectivity index (χ1v) is 9.61. The van der Waals surface area contributed by atoms with Crippen molar-refractivity contribution in [1.29, 1.82) is 0 Å². The predicted octanol–water partition coefficient (Wildman–Crippen LogP) is 3.33. The maximum absolute atomic E-state index is 12.5. The molecule has 1 aliphatic heterocycles. The maximum Gasteiger partial charge on any atom is 0.251 e. The van der Waals surface area contributed by atoms with E-state index in [1.165, 1.54) is 29.7 Å². The fraction of sp³-hybridized carbons (Fsp3) is 0.409. The molecule has 4 rings (SSSR count). The van der Waals surface area contributed by atoms with Crippen LogP contribution in [0, 0.1) is 0 Å². The summed E-state index contributed by atoms with van der Waals surface area (Å²) in [6, 6.07) is 14.6. The minimum atomic E-state index is 0.00984. The third-order valence-electron chi connectivity index (χ3n) is 5.38. The zero-order valence-electron chi connectivity index (χ0n) is 15.2. The second-order valence-corrected chi connectivity index (χ2v) is 7.14. The van der Waals surface area contributed by atoms with Crippen LogP contribution in [0.1, 0.15) is 39.9 Å². The molecule has 1 heterocycles. The summed E-state index contributed by atoms with van der Waals surface area (Å²) in [6.45, 7) is 4.01. The van der Waals surface area contributed by atoms with Crippen LogP contribution in [0.3, 0.4) is 0 Å². The summed E-state index contributed by atoms with van der Waals surface area (Å²) in [5.74, 6) is 0.00984. The molecule has 0 unspecified atom stereocenters. The highest BCUT2D eigenvalue weighted by Crippen LogP contribution is 2.22. The first kappa shape index (κ1) is 17.1. The molecule has 2 aromatic rings. The summed E-state index contributed by atoms with van der Waals surface area (Å²) in [6.07, 6.45) is 4.73. The number of anilines is 1. The van der Waals surface area contributed by atoms with Gasteiger partial charge in [0.15, 0.2) is 0 Å². The van der Waals surface area contributed by atoms with Crippen molar-refractivity contribution in [3.63, 3.8) is 0 Å². The van der Waals surface area contributed by atoms with Gasteiger partial charge < -0.3 is 15.0 Å². The number of nitrogens with zero attached hydrogens (tertiary/aromatic N) is 1. The van der Waals surface area contributed by atoms with E-state index in [1.807, 2.05) is 6.07 Å². The summed E-state index contributed by atoms with van der Waals surface area (Å²) in [7, 11) is 0. The number of carbonyl (C=O) groups is 1. The lowest BCUT2D eigenvalue weighted by Gasteiger charge is -2.28. The lowest BCUT2D eigenvalue weighted by molar-refractivity contribution is 0.0950. The molecule has 0 spiro atoms. The van der Waals surface area contributed by atoms with Gasteiger partial charge >= 0.3 is 0 Å². The van der Waals surface area contributed by atoms with Crippen molar-refractivity contribution in [1.82, 2.24) is 5.32 Å². The molecule has 136 valence electrons. The van der Waals surface area contributed by atoms with E-state index < -0.39 is 0 Å². The van der Waals surface area contributed by atoms with Gasteiger partial charge in [-0.2, -0.15) is 0 Å². The van der Waals surface area contributed by atoms with Gasteiger partial charge in [-0.3, -0.25) is 4.79 Å². The molecule has 0 atom stereocenters. The number of amides is 1. The van der Waals surface area contributed by atoms with Gasteiger partial charge in [-0.05, 0) is 66.6 Å². The van der Waals surface area contributed by atoms with Gasteiger partial charge in [0.2, 0.25) is 0 Å². The average Bonchev–Trinajstić information content (AvgIpc) is 2.72. The molecule has 0 radical (unpaired) electrons. The van der Waals surface area contributed by atoms with Crippen molar-refractivity contribution < 1.29 is 9.53 Å². The van der Waals surface area contributed by atoms with E-state index in [-0.39, 0.29) is 5.91 Å². The molecule has 1 fully saturated rings. The standard InChI is InChI=1S/C22H26N2O2/c25-22(20-8-7-18-3-1-2-4-19(18)15-20)23-16-17-5-9-21(10-6-17)24-11-13-26-14-12-24/h5-10,15H,1-4,11-14,16H2,(H,23,25). The first-order chi connectivity index (χ1) is 12.8. The number of morpholine rings is 1. The first-order valence-electron chi connectivity index (χ1n) is 9.61. The second kappa shape index (κ2) is 7.92. The average molecular weight is 350 g/mol. The summed E-state index contributed by atoms with van der Waals surface area (Å²) in [5, 5.41) is 3.05. The van der Waals surface area contributed by atoms with Gasteiger partial charge in [0.25, 0.3) is 5.91 Å². The van der Waals surface area contributed by atoms with Gasteiger partial charge in [0.05, 0.1) is 13.2 Å². The number of aryl methyl sites for hydroxylation is 2. The van der Waals surface area contributed by atoms with E-state index in [4.69, 9.17) is 4.74 Å². The van der Waals surface area contributed by atoms with E-state index in [9.17, 15) is 4.79 Å². The maximum atomic E-state index is 12.5. The zero-order chi connectivity index (χ0) is 17.8. The molecule has 26 heavy (non-hydrogen) atoms. The number of fused-ring (bicyclic) bond motifs is 1. The van der Waals surface area contributed by atoms with E-state index in [0.29, 0.717) is 6.54 Å². The van der Waals surface area contributed by atoms with Crippen LogP contribution >= 0.6 is 0 Å². The number of rotatable bonds is 4. The van der Waals surface area contributed by atoms with Crippen LogP contribution in [0.4, 0.5) is 5.69 Å². The largest absolute Gasteiger partial charge is 0.378 e. The Kier molecular flexibility index (Phi) is 5.21.